The van der Waals surface area contributed by atoms with Gasteiger partial charge in [-0.1, -0.05) is 12.1 Å². The van der Waals surface area contributed by atoms with E-state index in [-0.39, 0.29) is 10.9 Å². The largest absolute Gasteiger partial charge is 0.444 e. The summed E-state index contributed by atoms with van der Waals surface area (Å²) < 4.78 is 32.5. The average molecular weight is 309 g/mol. The van der Waals surface area contributed by atoms with Crippen molar-refractivity contribution in [1.82, 2.24) is 9.71 Å². The molecule has 1 aromatic carbocycles. The van der Waals surface area contributed by atoms with Crippen LogP contribution in [0.3, 0.4) is 0 Å². The van der Waals surface area contributed by atoms with Gasteiger partial charge < -0.3 is 9.73 Å². The molecule has 1 aromatic heterocycles. The number of aromatic nitrogens is 1. The number of hydrogen-bond acceptors (Lipinski definition) is 5. The van der Waals surface area contributed by atoms with E-state index in [2.05, 4.69) is 15.0 Å². The topological polar surface area (TPSA) is 84.2 Å². The van der Waals surface area contributed by atoms with E-state index in [1.807, 2.05) is 6.92 Å². The first-order chi connectivity index (χ1) is 9.88. The van der Waals surface area contributed by atoms with E-state index in [9.17, 15) is 8.42 Å². The second-order valence-electron chi connectivity index (χ2n) is 4.99. The van der Waals surface area contributed by atoms with Gasteiger partial charge >= 0.3 is 0 Å². The lowest BCUT2D eigenvalue weighted by Crippen LogP contribution is -2.30. The van der Waals surface area contributed by atoms with Gasteiger partial charge in [-0.3, -0.25) is 0 Å². The van der Waals surface area contributed by atoms with Crippen LogP contribution >= 0.6 is 0 Å². The fraction of sp³-hybridized carbons (Fsp3) is 0.357. The van der Waals surface area contributed by atoms with E-state index in [1.165, 1.54) is 0 Å². The Hall–Kier alpha value is -1.86. The van der Waals surface area contributed by atoms with Crippen LogP contribution in [0.4, 0.5) is 5.69 Å². The van der Waals surface area contributed by atoms with Crippen LogP contribution in [0.15, 0.2) is 39.8 Å². The van der Waals surface area contributed by atoms with Crippen molar-refractivity contribution in [3.63, 3.8) is 0 Å². The number of rotatable bonds is 6. The minimum Gasteiger partial charge on any atom is -0.444 e. The van der Waals surface area contributed by atoms with Crippen LogP contribution in [0.2, 0.25) is 0 Å². The van der Waals surface area contributed by atoms with E-state index in [4.69, 9.17) is 4.42 Å². The molecule has 2 rings (SSSR count). The van der Waals surface area contributed by atoms with Gasteiger partial charge in [-0.2, -0.15) is 0 Å². The second kappa shape index (κ2) is 6.28. The maximum Gasteiger partial charge on any atom is 0.242 e. The van der Waals surface area contributed by atoms with E-state index in [0.717, 1.165) is 0 Å². The summed E-state index contributed by atoms with van der Waals surface area (Å²) in [6, 6.07) is 6.57. The van der Waals surface area contributed by atoms with Gasteiger partial charge in [-0.25, -0.2) is 18.1 Å². The number of sulfonamides is 1. The molecule has 0 unspecified atom stereocenters. The third-order valence-corrected chi connectivity index (χ3v) is 4.38. The number of oxazole rings is 1. The van der Waals surface area contributed by atoms with Crippen molar-refractivity contribution in [2.24, 2.45) is 0 Å². The van der Waals surface area contributed by atoms with E-state index in [0.29, 0.717) is 23.9 Å². The number of hydrogen-bond donors (Lipinski definition) is 2. The Balaban J connectivity index is 2.21. The molecule has 0 saturated carbocycles. The molecule has 6 nitrogen and oxygen atoms in total. The maximum absolute atomic E-state index is 12.3. The third-order valence-electron chi connectivity index (χ3n) is 2.67. The lowest BCUT2D eigenvalue weighted by Gasteiger charge is -2.14. The molecular formula is C14H19N3O3S. The normalized spacial score (nSPS) is 11.8. The first-order valence-electron chi connectivity index (χ1n) is 6.65. The van der Waals surface area contributed by atoms with Gasteiger partial charge in [0.05, 0.1) is 18.4 Å². The van der Waals surface area contributed by atoms with Crippen molar-refractivity contribution >= 4 is 15.7 Å². The highest BCUT2D eigenvalue weighted by molar-refractivity contribution is 7.89. The Morgan fingerprint density at radius 3 is 2.62 bits per heavy atom. The molecule has 0 bridgehead atoms. The molecule has 0 aliphatic rings. The van der Waals surface area contributed by atoms with E-state index >= 15 is 0 Å². The van der Waals surface area contributed by atoms with Gasteiger partial charge in [0.2, 0.25) is 15.9 Å². The Bertz CT molecular complexity index is 708. The van der Waals surface area contributed by atoms with Gasteiger partial charge in [-0.15, -0.1) is 0 Å². The Kier molecular flexibility index (Phi) is 4.64. The van der Waals surface area contributed by atoms with Gasteiger partial charge in [0.25, 0.3) is 0 Å². The highest BCUT2D eigenvalue weighted by Crippen LogP contribution is 2.21. The monoisotopic (exact) mass is 309 g/mol. The van der Waals surface area contributed by atoms with Crippen molar-refractivity contribution in [3.05, 3.63) is 42.1 Å². The summed E-state index contributed by atoms with van der Waals surface area (Å²) >= 11 is 0. The van der Waals surface area contributed by atoms with Crippen LogP contribution in [0.5, 0.6) is 0 Å². The molecule has 0 amide bonds. The summed E-state index contributed by atoms with van der Waals surface area (Å²) in [7, 11) is -3.55. The second-order valence-corrected chi connectivity index (χ2v) is 6.67. The van der Waals surface area contributed by atoms with Gasteiger partial charge in [0, 0.05) is 6.04 Å². The highest BCUT2D eigenvalue weighted by atomic mass is 32.2. The van der Waals surface area contributed by atoms with Crippen LogP contribution in [-0.4, -0.2) is 19.4 Å². The van der Waals surface area contributed by atoms with E-state index < -0.39 is 10.0 Å². The van der Waals surface area contributed by atoms with Crippen molar-refractivity contribution in [2.45, 2.75) is 38.3 Å². The molecule has 114 valence electrons. The lowest BCUT2D eigenvalue weighted by atomic mass is 10.3. The van der Waals surface area contributed by atoms with Crippen molar-refractivity contribution in [1.29, 1.82) is 0 Å². The van der Waals surface area contributed by atoms with Crippen molar-refractivity contribution in [2.75, 3.05) is 5.32 Å². The molecule has 0 aliphatic carbocycles. The number of para-hydroxylation sites is 1. The summed E-state index contributed by atoms with van der Waals surface area (Å²) in [6.45, 7) is 5.69. The highest BCUT2D eigenvalue weighted by Gasteiger charge is 2.19. The first-order valence-corrected chi connectivity index (χ1v) is 8.13. The van der Waals surface area contributed by atoms with Crippen LogP contribution in [0.1, 0.15) is 25.5 Å². The Morgan fingerprint density at radius 1 is 1.29 bits per heavy atom. The van der Waals surface area contributed by atoms with Crippen LogP contribution in [0, 0.1) is 6.92 Å². The molecule has 0 atom stereocenters. The fourth-order valence-corrected chi connectivity index (χ4v) is 3.31. The zero-order valence-corrected chi connectivity index (χ0v) is 13.1. The summed E-state index contributed by atoms with van der Waals surface area (Å²) in [5.74, 6) is 1.23. The quantitative estimate of drug-likeness (QED) is 0.855. The third kappa shape index (κ3) is 4.05. The van der Waals surface area contributed by atoms with Gasteiger partial charge in [-0.05, 0) is 32.9 Å². The molecule has 0 spiro atoms. The van der Waals surface area contributed by atoms with Crippen LogP contribution in [-0.2, 0) is 16.6 Å². The maximum atomic E-state index is 12.3. The predicted molar refractivity (Wildman–Crippen MR) is 80.5 cm³/mol. The number of anilines is 1. The summed E-state index contributed by atoms with van der Waals surface area (Å²) in [6.07, 6.45) is 1.62. The molecule has 21 heavy (non-hydrogen) atoms. The van der Waals surface area contributed by atoms with Gasteiger partial charge in [0.15, 0.2) is 0 Å². The molecule has 1 heterocycles. The number of benzene rings is 1. The fourth-order valence-electron chi connectivity index (χ4n) is 1.87. The molecule has 0 fully saturated rings. The van der Waals surface area contributed by atoms with E-state index in [1.54, 1.807) is 44.3 Å². The standard InChI is InChI=1S/C14H19N3O3S/c1-10(2)17-21(18,19)13-7-5-4-6-12(13)15-9-14-16-8-11(3)20-14/h4-8,10,15,17H,9H2,1-3H3. The molecule has 7 heteroatoms. The van der Waals surface area contributed by atoms with Crippen LogP contribution < -0.4 is 10.0 Å². The summed E-state index contributed by atoms with van der Waals surface area (Å²) in [5, 5.41) is 3.05. The van der Waals surface area contributed by atoms with Crippen molar-refractivity contribution in [3.8, 4) is 0 Å². The lowest BCUT2D eigenvalue weighted by molar-refractivity contribution is 0.479. The van der Waals surface area contributed by atoms with Crippen LogP contribution in [0.25, 0.3) is 0 Å². The number of aryl methyl sites for hydroxylation is 1. The smallest absolute Gasteiger partial charge is 0.242 e. The molecule has 0 saturated heterocycles. The SMILES string of the molecule is Cc1cnc(CNc2ccccc2S(=O)(=O)NC(C)C)o1. The molecule has 0 aliphatic heterocycles. The summed E-state index contributed by atoms with van der Waals surface area (Å²) in [5.41, 5.74) is 0.515. The number of nitrogens with one attached hydrogen (secondary N) is 2. The number of nitrogens with zero attached hydrogens (tertiary/aromatic N) is 1. The average Bonchev–Trinajstić information content (AvgIpc) is 2.81. The minimum absolute atomic E-state index is 0.169. The van der Waals surface area contributed by atoms with Crippen molar-refractivity contribution < 1.29 is 12.8 Å². The zero-order chi connectivity index (χ0) is 15.5. The Morgan fingerprint density at radius 2 is 2.00 bits per heavy atom. The molecular weight excluding hydrogens is 290 g/mol. The molecule has 2 aromatic rings. The van der Waals surface area contributed by atoms with Gasteiger partial charge in [0.1, 0.15) is 10.7 Å². The molecule has 2 N–H and O–H groups in total. The predicted octanol–water partition coefficient (Wildman–Crippen LogP) is 2.28. The molecule has 0 radical (unpaired) electrons. The first kappa shape index (κ1) is 15.5. The summed E-state index contributed by atoms with van der Waals surface area (Å²) in [4.78, 5) is 4.29. The minimum atomic E-state index is -3.55. The zero-order valence-electron chi connectivity index (χ0n) is 12.3. The Labute approximate surface area is 124 Å².